The molecule has 36 heavy (non-hydrogen) atoms. The van der Waals surface area contributed by atoms with Crippen molar-refractivity contribution in [1.82, 2.24) is 19.6 Å². The standard InChI is InChI=1S/C26H23N5O4S/c1-3-35-25(34)22-16(2)27-26-31(23(22)17-9-5-4-6-10-17)24(33)21(36-26)13-18-11-7-8-12-20(18)30-14-19(15-32)28-29-30/h4-14,23,32H,3,15H2,1-2H3/b21-13-. The number of aliphatic hydroxyl groups is 1. The third-order valence-corrected chi connectivity index (χ3v) is 6.79. The number of para-hydroxylation sites is 1. The lowest BCUT2D eigenvalue weighted by Gasteiger charge is -2.24. The Bertz CT molecular complexity index is 1650. The maximum Gasteiger partial charge on any atom is 0.338 e. The number of fused-ring (bicyclic) bond motifs is 1. The van der Waals surface area contributed by atoms with Crippen LogP contribution in [0.25, 0.3) is 11.8 Å². The molecule has 10 heteroatoms. The predicted octanol–water partition coefficient (Wildman–Crippen LogP) is 1.87. The Balaban J connectivity index is 1.70. The van der Waals surface area contributed by atoms with E-state index in [1.54, 1.807) is 35.4 Å². The van der Waals surface area contributed by atoms with E-state index in [0.29, 0.717) is 32.0 Å². The molecule has 5 rings (SSSR count). The SMILES string of the molecule is CCOC(=O)C1=C(C)N=c2s/c(=C\c3ccccc3-n3cc(CO)nn3)c(=O)n2C1c1ccccc1. The van der Waals surface area contributed by atoms with Crippen LogP contribution in [0.15, 0.2) is 81.9 Å². The van der Waals surface area contributed by atoms with E-state index in [0.717, 1.165) is 11.1 Å². The number of hydrogen-bond acceptors (Lipinski definition) is 8. The summed E-state index contributed by atoms with van der Waals surface area (Å²) in [4.78, 5) is 31.8. The summed E-state index contributed by atoms with van der Waals surface area (Å²) in [6, 6.07) is 16.2. The molecule has 9 nitrogen and oxygen atoms in total. The molecule has 0 aliphatic carbocycles. The monoisotopic (exact) mass is 501 g/mol. The van der Waals surface area contributed by atoms with Crippen LogP contribution in [-0.4, -0.2) is 37.2 Å². The Morgan fingerprint density at radius 3 is 2.64 bits per heavy atom. The minimum Gasteiger partial charge on any atom is -0.463 e. The summed E-state index contributed by atoms with van der Waals surface area (Å²) >= 11 is 1.26. The molecule has 1 N–H and O–H groups in total. The predicted molar refractivity (Wildman–Crippen MR) is 134 cm³/mol. The Morgan fingerprint density at radius 1 is 1.17 bits per heavy atom. The third-order valence-electron chi connectivity index (χ3n) is 5.81. The summed E-state index contributed by atoms with van der Waals surface area (Å²) in [5, 5.41) is 17.4. The molecule has 0 saturated heterocycles. The van der Waals surface area contributed by atoms with Crippen LogP contribution in [0, 0.1) is 0 Å². The average Bonchev–Trinajstić information content (AvgIpc) is 3.49. The van der Waals surface area contributed by atoms with E-state index in [2.05, 4.69) is 15.3 Å². The normalized spacial score (nSPS) is 15.5. The minimum absolute atomic E-state index is 0.220. The summed E-state index contributed by atoms with van der Waals surface area (Å²) in [5.41, 5.74) is 3.30. The van der Waals surface area contributed by atoms with Gasteiger partial charge >= 0.3 is 5.97 Å². The van der Waals surface area contributed by atoms with E-state index in [4.69, 9.17) is 4.74 Å². The quantitative estimate of drug-likeness (QED) is 0.404. The van der Waals surface area contributed by atoms with Crippen LogP contribution in [0.1, 0.15) is 36.7 Å². The molecule has 1 aliphatic heterocycles. The molecule has 4 aromatic rings. The second-order valence-electron chi connectivity index (χ2n) is 8.08. The lowest BCUT2D eigenvalue weighted by molar-refractivity contribution is -0.139. The fourth-order valence-electron chi connectivity index (χ4n) is 4.19. The first-order chi connectivity index (χ1) is 17.5. The molecule has 0 spiro atoms. The van der Waals surface area contributed by atoms with Gasteiger partial charge in [0.1, 0.15) is 5.69 Å². The highest BCUT2D eigenvalue weighted by Gasteiger charge is 2.33. The van der Waals surface area contributed by atoms with Crippen LogP contribution in [0.5, 0.6) is 0 Å². The second-order valence-corrected chi connectivity index (χ2v) is 9.09. The zero-order valence-electron chi connectivity index (χ0n) is 19.7. The fraction of sp³-hybridized carbons (Fsp3) is 0.192. The Kier molecular flexibility index (Phi) is 6.45. The number of benzene rings is 2. The summed E-state index contributed by atoms with van der Waals surface area (Å²) in [6.45, 7) is 3.51. The van der Waals surface area contributed by atoms with Crippen molar-refractivity contribution in [3.8, 4) is 5.69 Å². The molecule has 0 bridgehead atoms. The van der Waals surface area contributed by atoms with Gasteiger partial charge < -0.3 is 9.84 Å². The number of ether oxygens (including phenoxy) is 1. The minimum atomic E-state index is -0.652. The number of carbonyl (C=O) groups excluding carboxylic acids is 1. The summed E-state index contributed by atoms with van der Waals surface area (Å²) in [5.74, 6) is -0.488. The van der Waals surface area contributed by atoms with E-state index in [9.17, 15) is 14.7 Å². The molecule has 0 amide bonds. The topological polar surface area (TPSA) is 112 Å². The van der Waals surface area contributed by atoms with Crippen LogP contribution >= 0.6 is 11.3 Å². The molecule has 1 atom stereocenters. The van der Waals surface area contributed by atoms with Crippen molar-refractivity contribution >= 4 is 23.4 Å². The van der Waals surface area contributed by atoms with Crippen molar-refractivity contribution in [2.24, 2.45) is 4.99 Å². The van der Waals surface area contributed by atoms with Gasteiger partial charge in [-0.2, -0.15) is 0 Å². The molecule has 3 heterocycles. The molecule has 0 radical (unpaired) electrons. The number of thiazole rings is 1. The van der Waals surface area contributed by atoms with Crippen molar-refractivity contribution in [3.63, 3.8) is 0 Å². The van der Waals surface area contributed by atoms with Crippen molar-refractivity contribution in [3.05, 3.63) is 109 Å². The first kappa shape index (κ1) is 23.6. The van der Waals surface area contributed by atoms with Gasteiger partial charge in [-0.15, -0.1) is 5.10 Å². The van der Waals surface area contributed by atoms with Gasteiger partial charge in [-0.25, -0.2) is 14.5 Å². The lowest BCUT2D eigenvalue weighted by Crippen LogP contribution is -2.39. The second kappa shape index (κ2) is 9.84. The summed E-state index contributed by atoms with van der Waals surface area (Å²) in [7, 11) is 0. The smallest absolute Gasteiger partial charge is 0.338 e. The highest BCUT2D eigenvalue weighted by Crippen LogP contribution is 2.30. The first-order valence-electron chi connectivity index (χ1n) is 11.4. The van der Waals surface area contributed by atoms with Gasteiger partial charge in [0.25, 0.3) is 5.56 Å². The molecule has 2 aromatic carbocycles. The fourth-order valence-corrected chi connectivity index (χ4v) is 5.23. The van der Waals surface area contributed by atoms with Crippen LogP contribution < -0.4 is 14.9 Å². The number of rotatable bonds is 6. The van der Waals surface area contributed by atoms with Gasteiger partial charge in [0, 0.05) is 5.56 Å². The highest BCUT2D eigenvalue weighted by atomic mass is 32.1. The Labute approximate surface area is 209 Å². The van der Waals surface area contributed by atoms with Gasteiger partial charge in [-0.3, -0.25) is 9.36 Å². The summed E-state index contributed by atoms with van der Waals surface area (Å²) < 4.78 is 8.91. The van der Waals surface area contributed by atoms with E-state index in [1.807, 2.05) is 54.6 Å². The number of carbonyl (C=O) groups is 1. The third kappa shape index (κ3) is 4.21. The maximum absolute atomic E-state index is 13.8. The number of allylic oxidation sites excluding steroid dienone is 1. The molecular weight excluding hydrogens is 478 g/mol. The molecular formula is C26H23N5O4S. The molecule has 1 aliphatic rings. The largest absolute Gasteiger partial charge is 0.463 e. The lowest BCUT2D eigenvalue weighted by atomic mass is 9.96. The molecule has 1 unspecified atom stereocenters. The molecule has 2 aromatic heterocycles. The van der Waals surface area contributed by atoms with Gasteiger partial charge in [-0.1, -0.05) is 65.1 Å². The van der Waals surface area contributed by atoms with E-state index in [1.165, 1.54) is 11.3 Å². The Morgan fingerprint density at radius 2 is 1.92 bits per heavy atom. The van der Waals surface area contributed by atoms with Gasteiger partial charge in [0.15, 0.2) is 4.80 Å². The van der Waals surface area contributed by atoms with Gasteiger partial charge in [-0.05, 0) is 31.6 Å². The zero-order valence-corrected chi connectivity index (χ0v) is 20.5. The number of esters is 1. The first-order valence-corrected chi connectivity index (χ1v) is 12.2. The van der Waals surface area contributed by atoms with Crippen LogP contribution in [0.2, 0.25) is 0 Å². The van der Waals surface area contributed by atoms with Crippen molar-refractivity contribution in [2.75, 3.05) is 6.61 Å². The number of aromatic nitrogens is 4. The number of hydrogen-bond donors (Lipinski definition) is 1. The van der Waals surface area contributed by atoms with Crippen molar-refractivity contribution in [1.29, 1.82) is 0 Å². The summed E-state index contributed by atoms with van der Waals surface area (Å²) in [6.07, 6.45) is 3.42. The van der Waals surface area contributed by atoms with Gasteiger partial charge in [0.05, 0.1) is 46.9 Å². The highest BCUT2D eigenvalue weighted by molar-refractivity contribution is 7.07. The van der Waals surface area contributed by atoms with E-state index >= 15 is 0 Å². The van der Waals surface area contributed by atoms with Crippen LogP contribution in [0.4, 0.5) is 0 Å². The number of nitrogens with zero attached hydrogens (tertiary/aromatic N) is 5. The maximum atomic E-state index is 13.8. The average molecular weight is 502 g/mol. The molecule has 182 valence electrons. The molecule has 0 fully saturated rings. The van der Waals surface area contributed by atoms with Gasteiger partial charge in [0.2, 0.25) is 0 Å². The van der Waals surface area contributed by atoms with Crippen LogP contribution in [0.3, 0.4) is 0 Å². The Hall–Kier alpha value is -4.15. The zero-order chi connectivity index (χ0) is 25.2. The van der Waals surface area contributed by atoms with E-state index < -0.39 is 12.0 Å². The van der Waals surface area contributed by atoms with E-state index in [-0.39, 0.29) is 18.8 Å². The number of aliphatic hydroxyl groups excluding tert-OH is 1. The molecule has 0 saturated carbocycles. The van der Waals surface area contributed by atoms with Crippen LogP contribution in [-0.2, 0) is 16.1 Å². The van der Waals surface area contributed by atoms with Crippen molar-refractivity contribution < 1.29 is 14.6 Å². The van der Waals surface area contributed by atoms with Crippen molar-refractivity contribution in [2.45, 2.75) is 26.5 Å².